The summed E-state index contributed by atoms with van der Waals surface area (Å²) in [7, 11) is 0. The number of hydrogen-bond acceptors (Lipinski definition) is 3. The van der Waals surface area contributed by atoms with E-state index < -0.39 is 0 Å². The van der Waals surface area contributed by atoms with Gasteiger partial charge in [-0.1, -0.05) is 43.2 Å². The van der Waals surface area contributed by atoms with Crippen molar-refractivity contribution in [3.63, 3.8) is 0 Å². The van der Waals surface area contributed by atoms with Gasteiger partial charge in [0.2, 0.25) is 5.91 Å². The summed E-state index contributed by atoms with van der Waals surface area (Å²) in [5.41, 5.74) is 2.01. The van der Waals surface area contributed by atoms with E-state index in [-0.39, 0.29) is 5.91 Å². The number of nitrogens with zero attached hydrogens (tertiary/aromatic N) is 1. The number of thiazole rings is 1. The van der Waals surface area contributed by atoms with Crippen molar-refractivity contribution in [3.8, 4) is 11.3 Å². The highest BCUT2D eigenvalue weighted by molar-refractivity contribution is 7.14. The molecule has 1 fully saturated rings. The quantitative estimate of drug-likeness (QED) is 0.909. The van der Waals surface area contributed by atoms with Crippen LogP contribution in [-0.4, -0.2) is 10.9 Å². The number of hydrogen-bond donors (Lipinski definition) is 1. The van der Waals surface area contributed by atoms with Gasteiger partial charge in [-0.15, -0.1) is 11.3 Å². The Bertz CT molecular complexity index is 573. The lowest BCUT2D eigenvalue weighted by Gasteiger charge is -2.07. The van der Waals surface area contributed by atoms with E-state index in [1.54, 1.807) is 0 Å². The molecule has 1 heterocycles. The molecule has 0 atom stereocenters. The van der Waals surface area contributed by atoms with Crippen LogP contribution in [0.3, 0.4) is 0 Å². The van der Waals surface area contributed by atoms with Crippen molar-refractivity contribution >= 4 is 22.4 Å². The number of carbonyl (C=O) groups excluding carboxylic acids is 1. The molecular weight excluding hydrogens is 268 g/mol. The Morgan fingerprint density at radius 1 is 1.25 bits per heavy atom. The summed E-state index contributed by atoms with van der Waals surface area (Å²) < 4.78 is 0. The first-order chi connectivity index (χ1) is 9.81. The maximum atomic E-state index is 12.0. The van der Waals surface area contributed by atoms with Crippen molar-refractivity contribution in [3.05, 3.63) is 35.7 Å². The molecule has 3 nitrogen and oxygen atoms in total. The summed E-state index contributed by atoms with van der Waals surface area (Å²) in [6, 6.07) is 10.0. The zero-order valence-electron chi connectivity index (χ0n) is 11.3. The molecule has 0 saturated heterocycles. The monoisotopic (exact) mass is 286 g/mol. The van der Waals surface area contributed by atoms with Crippen molar-refractivity contribution in [1.29, 1.82) is 0 Å². The van der Waals surface area contributed by atoms with E-state index in [2.05, 4.69) is 10.3 Å². The van der Waals surface area contributed by atoms with E-state index in [1.807, 2.05) is 35.7 Å². The molecule has 0 unspecified atom stereocenters. The van der Waals surface area contributed by atoms with Crippen LogP contribution >= 0.6 is 11.3 Å². The van der Waals surface area contributed by atoms with Crippen LogP contribution in [0.25, 0.3) is 11.3 Å². The van der Waals surface area contributed by atoms with Gasteiger partial charge in [0.25, 0.3) is 0 Å². The van der Waals surface area contributed by atoms with Crippen LogP contribution in [0, 0.1) is 5.92 Å². The van der Waals surface area contributed by atoms with Crippen LogP contribution < -0.4 is 5.32 Å². The lowest BCUT2D eigenvalue weighted by molar-refractivity contribution is -0.117. The molecule has 2 aromatic rings. The van der Waals surface area contributed by atoms with Gasteiger partial charge in [0.1, 0.15) is 0 Å². The highest BCUT2D eigenvalue weighted by Gasteiger charge is 2.19. The highest BCUT2D eigenvalue weighted by Crippen LogP contribution is 2.29. The normalized spacial score (nSPS) is 15.4. The fourth-order valence-corrected chi connectivity index (χ4v) is 3.46. The summed E-state index contributed by atoms with van der Waals surface area (Å²) in [5, 5.41) is 5.61. The highest BCUT2D eigenvalue weighted by atomic mass is 32.1. The fourth-order valence-electron chi connectivity index (χ4n) is 2.72. The average molecular weight is 286 g/mol. The molecule has 1 aromatic carbocycles. The van der Waals surface area contributed by atoms with Crippen molar-refractivity contribution in [2.45, 2.75) is 32.1 Å². The number of benzene rings is 1. The largest absolute Gasteiger partial charge is 0.302 e. The first-order valence-corrected chi connectivity index (χ1v) is 8.00. The minimum atomic E-state index is 0.103. The van der Waals surface area contributed by atoms with E-state index in [4.69, 9.17) is 0 Å². The lowest BCUT2D eigenvalue weighted by Crippen LogP contribution is -2.14. The first-order valence-electron chi connectivity index (χ1n) is 7.12. The third kappa shape index (κ3) is 3.25. The number of rotatable bonds is 4. The van der Waals surface area contributed by atoms with Gasteiger partial charge < -0.3 is 5.32 Å². The second-order valence-corrected chi connectivity index (χ2v) is 6.16. The van der Waals surface area contributed by atoms with Crippen molar-refractivity contribution in [1.82, 2.24) is 4.98 Å². The van der Waals surface area contributed by atoms with Gasteiger partial charge in [0, 0.05) is 17.4 Å². The van der Waals surface area contributed by atoms with E-state index in [1.165, 1.54) is 37.0 Å². The van der Waals surface area contributed by atoms with Gasteiger partial charge in [-0.05, 0) is 18.8 Å². The molecule has 104 valence electrons. The van der Waals surface area contributed by atoms with E-state index in [0.29, 0.717) is 17.5 Å². The number of carbonyl (C=O) groups is 1. The molecule has 1 saturated carbocycles. The van der Waals surface area contributed by atoms with Gasteiger partial charge in [-0.3, -0.25) is 4.79 Å². The Labute approximate surface area is 123 Å². The maximum absolute atomic E-state index is 12.0. The van der Waals surface area contributed by atoms with Gasteiger partial charge >= 0.3 is 0 Å². The van der Waals surface area contributed by atoms with Crippen LogP contribution in [-0.2, 0) is 4.79 Å². The minimum Gasteiger partial charge on any atom is -0.302 e. The fraction of sp³-hybridized carbons (Fsp3) is 0.375. The Balaban J connectivity index is 1.61. The second kappa shape index (κ2) is 6.18. The standard InChI is InChI=1S/C16H18N2OS/c19-15(10-12-6-4-5-7-12)18-16-17-14(11-20-16)13-8-2-1-3-9-13/h1-3,8-9,11-12H,4-7,10H2,(H,17,18,19). The number of aromatic nitrogens is 1. The average Bonchev–Trinajstić information content (AvgIpc) is 3.11. The topological polar surface area (TPSA) is 42.0 Å². The summed E-state index contributed by atoms with van der Waals surface area (Å²) in [6.07, 6.45) is 5.57. The molecule has 1 amide bonds. The molecule has 3 rings (SSSR count). The van der Waals surface area contributed by atoms with E-state index in [9.17, 15) is 4.79 Å². The van der Waals surface area contributed by atoms with Gasteiger partial charge in [-0.2, -0.15) is 0 Å². The Morgan fingerprint density at radius 3 is 2.75 bits per heavy atom. The van der Waals surface area contributed by atoms with Gasteiger partial charge in [0.15, 0.2) is 5.13 Å². The third-order valence-electron chi connectivity index (χ3n) is 3.77. The van der Waals surface area contributed by atoms with E-state index in [0.717, 1.165) is 11.3 Å². The lowest BCUT2D eigenvalue weighted by atomic mass is 10.0. The van der Waals surface area contributed by atoms with Gasteiger partial charge in [0.05, 0.1) is 5.69 Å². The predicted octanol–water partition coefficient (Wildman–Crippen LogP) is 4.33. The van der Waals surface area contributed by atoms with Crippen LogP contribution in [0.2, 0.25) is 0 Å². The second-order valence-electron chi connectivity index (χ2n) is 5.31. The van der Waals surface area contributed by atoms with Crippen molar-refractivity contribution < 1.29 is 4.79 Å². The third-order valence-corrected chi connectivity index (χ3v) is 4.53. The Hall–Kier alpha value is -1.68. The molecule has 1 aromatic heterocycles. The predicted molar refractivity (Wildman–Crippen MR) is 82.8 cm³/mol. The Kier molecular flexibility index (Phi) is 4.11. The maximum Gasteiger partial charge on any atom is 0.226 e. The van der Waals surface area contributed by atoms with Crippen LogP contribution in [0.5, 0.6) is 0 Å². The number of anilines is 1. The molecular formula is C16H18N2OS. The van der Waals surface area contributed by atoms with Crippen LogP contribution in [0.4, 0.5) is 5.13 Å². The number of amides is 1. The first kappa shape index (κ1) is 13.3. The van der Waals surface area contributed by atoms with Crippen LogP contribution in [0.15, 0.2) is 35.7 Å². The zero-order chi connectivity index (χ0) is 13.8. The molecule has 20 heavy (non-hydrogen) atoms. The molecule has 1 N–H and O–H groups in total. The molecule has 4 heteroatoms. The summed E-state index contributed by atoms with van der Waals surface area (Å²) in [6.45, 7) is 0. The summed E-state index contributed by atoms with van der Waals surface area (Å²) >= 11 is 1.49. The molecule has 1 aliphatic rings. The SMILES string of the molecule is O=C(CC1CCCC1)Nc1nc(-c2ccccc2)cs1. The van der Waals surface area contributed by atoms with Crippen molar-refractivity contribution in [2.75, 3.05) is 5.32 Å². The minimum absolute atomic E-state index is 0.103. The smallest absolute Gasteiger partial charge is 0.226 e. The molecule has 0 bridgehead atoms. The van der Waals surface area contributed by atoms with Gasteiger partial charge in [-0.25, -0.2) is 4.98 Å². The van der Waals surface area contributed by atoms with E-state index >= 15 is 0 Å². The van der Waals surface area contributed by atoms with Crippen LogP contribution in [0.1, 0.15) is 32.1 Å². The van der Waals surface area contributed by atoms with Crippen molar-refractivity contribution in [2.24, 2.45) is 5.92 Å². The molecule has 1 aliphatic carbocycles. The summed E-state index contributed by atoms with van der Waals surface area (Å²) in [5.74, 6) is 0.675. The summed E-state index contributed by atoms with van der Waals surface area (Å²) in [4.78, 5) is 16.5. The molecule has 0 aliphatic heterocycles. The Morgan fingerprint density at radius 2 is 2.00 bits per heavy atom. The molecule has 0 spiro atoms. The zero-order valence-corrected chi connectivity index (χ0v) is 12.2. The number of nitrogens with one attached hydrogen (secondary N) is 1. The molecule has 0 radical (unpaired) electrons.